The molecule has 6 heteroatoms. The van der Waals surface area contributed by atoms with Crippen molar-refractivity contribution in [1.29, 1.82) is 0 Å². The van der Waals surface area contributed by atoms with Crippen LogP contribution < -0.4 is 5.32 Å². The van der Waals surface area contributed by atoms with Crippen molar-refractivity contribution in [2.24, 2.45) is 0 Å². The van der Waals surface area contributed by atoms with Crippen LogP contribution in [0.3, 0.4) is 0 Å². The molecule has 0 saturated carbocycles. The lowest BCUT2D eigenvalue weighted by atomic mass is 10.2. The Balaban J connectivity index is 2.30. The lowest BCUT2D eigenvalue weighted by Gasteiger charge is -2.08. The van der Waals surface area contributed by atoms with E-state index in [0.717, 1.165) is 6.07 Å². The number of anilines is 1. The van der Waals surface area contributed by atoms with E-state index in [1.54, 1.807) is 6.20 Å². The zero-order valence-electron chi connectivity index (χ0n) is 9.35. The highest BCUT2D eigenvalue weighted by Crippen LogP contribution is 2.22. The molecule has 0 bridgehead atoms. The molecule has 1 aromatic heterocycles. The first-order chi connectivity index (χ1) is 8.49. The van der Waals surface area contributed by atoms with Gasteiger partial charge in [-0.25, -0.2) is 8.78 Å². The van der Waals surface area contributed by atoms with Gasteiger partial charge in [-0.15, -0.1) is 0 Å². The molecule has 0 aliphatic rings. The average molecular weight is 315 g/mol. The number of rotatable bonds is 2. The number of carbonyl (C=O) groups is 1. The number of hydrogen-bond donors (Lipinski definition) is 2. The van der Waals surface area contributed by atoms with E-state index in [-0.39, 0.29) is 11.3 Å². The highest BCUT2D eigenvalue weighted by atomic mass is 79.9. The van der Waals surface area contributed by atoms with Gasteiger partial charge in [0.15, 0.2) is 5.82 Å². The third-order valence-corrected chi connectivity index (χ3v) is 2.87. The van der Waals surface area contributed by atoms with Gasteiger partial charge in [0.25, 0.3) is 5.91 Å². The number of hydrogen-bond acceptors (Lipinski definition) is 1. The monoisotopic (exact) mass is 314 g/mol. The molecule has 0 atom stereocenters. The van der Waals surface area contributed by atoms with Gasteiger partial charge in [0.2, 0.25) is 0 Å². The highest BCUT2D eigenvalue weighted by Gasteiger charge is 2.16. The number of aromatic nitrogens is 1. The second kappa shape index (κ2) is 4.89. The minimum atomic E-state index is -0.808. The molecular formula is C12H9BrF2N2O. The molecule has 3 nitrogen and oxygen atoms in total. The first kappa shape index (κ1) is 12.8. The maximum atomic E-state index is 13.7. The Hall–Kier alpha value is -1.69. The van der Waals surface area contributed by atoms with Gasteiger partial charge in [0.05, 0.1) is 0 Å². The average Bonchev–Trinajstić information content (AvgIpc) is 2.76. The minimum Gasteiger partial charge on any atom is -0.356 e. The van der Waals surface area contributed by atoms with E-state index in [4.69, 9.17) is 0 Å². The molecule has 94 valence electrons. The van der Waals surface area contributed by atoms with Crippen molar-refractivity contribution in [2.75, 3.05) is 5.32 Å². The molecule has 2 aromatic rings. The topological polar surface area (TPSA) is 44.9 Å². The van der Waals surface area contributed by atoms with E-state index in [9.17, 15) is 13.6 Å². The molecule has 0 radical (unpaired) electrons. The molecule has 1 amide bonds. The predicted molar refractivity (Wildman–Crippen MR) is 67.5 cm³/mol. The fourth-order valence-electron chi connectivity index (χ4n) is 1.45. The first-order valence-electron chi connectivity index (χ1n) is 5.09. The van der Waals surface area contributed by atoms with Crippen LogP contribution in [-0.2, 0) is 0 Å². The van der Waals surface area contributed by atoms with E-state index in [2.05, 4.69) is 26.2 Å². The lowest BCUT2D eigenvalue weighted by Crippen LogP contribution is -2.15. The number of H-pyrrole nitrogens is 1. The second-order valence-electron chi connectivity index (χ2n) is 3.74. The van der Waals surface area contributed by atoms with Gasteiger partial charge in [-0.2, -0.15) is 0 Å². The SMILES string of the molecule is Cc1ccc(F)c(NC(=O)c2cc(Br)c[nH]2)c1F. The summed E-state index contributed by atoms with van der Waals surface area (Å²) < 4.78 is 27.8. The second-order valence-corrected chi connectivity index (χ2v) is 4.65. The van der Waals surface area contributed by atoms with Crippen LogP contribution in [0.4, 0.5) is 14.5 Å². The molecular weight excluding hydrogens is 306 g/mol. The molecule has 1 aromatic carbocycles. The summed E-state index contributed by atoms with van der Waals surface area (Å²) in [7, 11) is 0. The fourth-order valence-corrected chi connectivity index (χ4v) is 1.79. The molecule has 1 heterocycles. The Kier molecular flexibility index (Phi) is 3.47. The normalized spacial score (nSPS) is 10.4. The molecule has 0 aliphatic carbocycles. The zero-order valence-corrected chi connectivity index (χ0v) is 10.9. The van der Waals surface area contributed by atoms with Gasteiger partial charge in [-0.3, -0.25) is 4.79 Å². The summed E-state index contributed by atoms with van der Waals surface area (Å²) in [5.41, 5.74) is 0.0345. The number of benzene rings is 1. The summed E-state index contributed by atoms with van der Waals surface area (Å²) in [6.45, 7) is 1.50. The van der Waals surface area contributed by atoms with Crippen molar-refractivity contribution < 1.29 is 13.6 Å². The Morgan fingerprint density at radius 2 is 2.11 bits per heavy atom. The Morgan fingerprint density at radius 1 is 1.39 bits per heavy atom. The standard InChI is InChI=1S/C12H9BrF2N2O/c1-6-2-3-8(14)11(10(6)15)17-12(18)9-4-7(13)5-16-9/h2-5,16H,1H3,(H,17,18). The van der Waals surface area contributed by atoms with Crippen LogP contribution in [0, 0.1) is 18.6 Å². The Bertz CT molecular complexity index is 610. The summed E-state index contributed by atoms with van der Waals surface area (Å²) in [6.07, 6.45) is 1.55. The third-order valence-electron chi connectivity index (χ3n) is 2.42. The molecule has 2 N–H and O–H groups in total. The van der Waals surface area contributed by atoms with Crippen LogP contribution in [0.25, 0.3) is 0 Å². The first-order valence-corrected chi connectivity index (χ1v) is 5.88. The smallest absolute Gasteiger partial charge is 0.272 e. The Morgan fingerprint density at radius 3 is 2.72 bits per heavy atom. The number of halogens is 3. The van der Waals surface area contributed by atoms with Gasteiger partial charge < -0.3 is 10.3 Å². The maximum absolute atomic E-state index is 13.7. The van der Waals surface area contributed by atoms with E-state index in [1.165, 1.54) is 19.1 Å². The van der Waals surface area contributed by atoms with Crippen LogP contribution >= 0.6 is 15.9 Å². The fraction of sp³-hybridized carbons (Fsp3) is 0.0833. The van der Waals surface area contributed by atoms with Gasteiger partial charge in [0, 0.05) is 10.7 Å². The molecule has 0 unspecified atom stereocenters. The van der Waals surface area contributed by atoms with E-state index >= 15 is 0 Å². The van der Waals surface area contributed by atoms with Crippen LogP contribution in [0.2, 0.25) is 0 Å². The zero-order chi connectivity index (χ0) is 13.3. The largest absolute Gasteiger partial charge is 0.356 e. The number of aromatic amines is 1. The number of amides is 1. The summed E-state index contributed by atoms with van der Waals surface area (Å²) >= 11 is 3.17. The van der Waals surface area contributed by atoms with Crippen molar-refractivity contribution in [1.82, 2.24) is 4.98 Å². The summed E-state index contributed by atoms with van der Waals surface area (Å²) in [4.78, 5) is 14.4. The number of aryl methyl sites for hydroxylation is 1. The number of carbonyl (C=O) groups excluding carboxylic acids is 1. The van der Waals surface area contributed by atoms with E-state index in [0.29, 0.717) is 4.47 Å². The molecule has 18 heavy (non-hydrogen) atoms. The molecule has 0 aliphatic heterocycles. The summed E-state index contributed by atoms with van der Waals surface area (Å²) in [5.74, 6) is -2.19. The quantitative estimate of drug-likeness (QED) is 0.873. The molecule has 0 spiro atoms. The minimum absolute atomic E-state index is 0.210. The number of nitrogens with one attached hydrogen (secondary N) is 2. The van der Waals surface area contributed by atoms with Crippen molar-refractivity contribution in [2.45, 2.75) is 6.92 Å². The van der Waals surface area contributed by atoms with Gasteiger partial charge in [0.1, 0.15) is 17.2 Å². The van der Waals surface area contributed by atoms with Crippen molar-refractivity contribution >= 4 is 27.5 Å². The van der Waals surface area contributed by atoms with Crippen LogP contribution in [-0.4, -0.2) is 10.9 Å². The molecule has 0 saturated heterocycles. The predicted octanol–water partition coefficient (Wildman–Crippen LogP) is 3.62. The molecule has 2 rings (SSSR count). The van der Waals surface area contributed by atoms with E-state index < -0.39 is 23.2 Å². The summed E-state index contributed by atoms with van der Waals surface area (Å²) in [5, 5.41) is 2.21. The van der Waals surface area contributed by atoms with Gasteiger partial charge in [-0.05, 0) is 40.5 Å². The maximum Gasteiger partial charge on any atom is 0.272 e. The Labute approximate surface area is 110 Å². The lowest BCUT2D eigenvalue weighted by molar-refractivity contribution is 0.102. The van der Waals surface area contributed by atoms with Crippen molar-refractivity contribution in [3.63, 3.8) is 0 Å². The van der Waals surface area contributed by atoms with Gasteiger partial charge >= 0.3 is 0 Å². The molecule has 0 fully saturated rings. The highest BCUT2D eigenvalue weighted by molar-refractivity contribution is 9.10. The summed E-state index contributed by atoms with van der Waals surface area (Å²) in [6, 6.07) is 3.94. The van der Waals surface area contributed by atoms with Crippen LogP contribution in [0.5, 0.6) is 0 Å². The van der Waals surface area contributed by atoms with E-state index in [1.807, 2.05) is 0 Å². The third kappa shape index (κ3) is 2.43. The van der Waals surface area contributed by atoms with Crippen LogP contribution in [0.15, 0.2) is 28.9 Å². The van der Waals surface area contributed by atoms with Crippen molar-refractivity contribution in [3.8, 4) is 0 Å². The van der Waals surface area contributed by atoms with Crippen LogP contribution in [0.1, 0.15) is 16.1 Å². The van der Waals surface area contributed by atoms with Crippen molar-refractivity contribution in [3.05, 3.63) is 51.8 Å². The van der Waals surface area contributed by atoms with Gasteiger partial charge in [-0.1, -0.05) is 6.07 Å².